The van der Waals surface area contributed by atoms with Gasteiger partial charge in [0.2, 0.25) is 0 Å². The molecule has 1 aliphatic rings. The summed E-state index contributed by atoms with van der Waals surface area (Å²) in [5.41, 5.74) is 1.01. The van der Waals surface area contributed by atoms with Crippen molar-refractivity contribution in [3.63, 3.8) is 0 Å². The summed E-state index contributed by atoms with van der Waals surface area (Å²) in [4.78, 5) is 0. The maximum absolute atomic E-state index is 9.68. The van der Waals surface area contributed by atoms with Gasteiger partial charge >= 0.3 is 0 Å². The molecule has 0 radical (unpaired) electrons. The topological polar surface area (TPSA) is 32.3 Å². The van der Waals surface area contributed by atoms with Gasteiger partial charge < -0.3 is 10.4 Å². The molecule has 0 spiro atoms. The predicted molar refractivity (Wildman–Crippen MR) is 55.8 cm³/mol. The van der Waals surface area contributed by atoms with E-state index >= 15 is 0 Å². The highest BCUT2D eigenvalue weighted by molar-refractivity contribution is 9.10. The lowest BCUT2D eigenvalue weighted by atomic mass is 10.0. The molecule has 3 heteroatoms. The second-order valence-electron chi connectivity index (χ2n) is 3.35. The number of halogens is 1. The molecule has 0 unspecified atom stereocenters. The van der Waals surface area contributed by atoms with Crippen LogP contribution in [0.2, 0.25) is 0 Å². The van der Waals surface area contributed by atoms with Gasteiger partial charge in [0.15, 0.2) is 0 Å². The second kappa shape index (κ2) is 3.68. The fraction of sp³-hybridized carbons (Fsp3) is 0.400. The monoisotopic (exact) mass is 241 g/mol. The summed E-state index contributed by atoms with van der Waals surface area (Å²) in [7, 11) is 0. The van der Waals surface area contributed by atoms with Gasteiger partial charge in [0.05, 0.1) is 0 Å². The molecular formula is C10H12BrNO. The van der Waals surface area contributed by atoms with Crippen LogP contribution in [0.3, 0.4) is 0 Å². The minimum atomic E-state index is 0.341. The fourth-order valence-electron chi connectivity index (χ4n) is 1.76. The lowest BCUT2D eigenvalue weighted by molar-refractivity contribution is 0.456. The quantitative estimate of drug-likeness (QED) is 0.793. The van der Waals surface area contributed by atoms with Gasteiger partial charge in [0.25, 0.3) is 0 Å². The SMILES string of the molecule is Oc1cc(Br)ccc1[C@H]1CCCN1. The lowest BCUT2D eigenvalue weighted by Crippen LogP contribution is -2.12. The van der Waals surface area contributed by atoms with Crippen LogP contribution in [0.15, 0.2) is 22.7 Å². The number of phenolic OH excluding ortho intramolecular Hbond substituents is 1. The molecule has 0 amide bonds. The van der Waals surface area contributed by atoms with Crippen LogP contribution in [0.4, 0.5) is 0 Å². The number of hydrogen-bond acceptors (Lipinski definition) is 2. The van der Waals surface area contributed by atoms with Crippen LogP contribution in [0.5, 0.6) is 5.75 Å². The zero-order valence-electron chi connectivity index (χ0n) is 7.26. The predicted octanol–water partition coefficient (Wildman–Crippen LogP) is 2.58. The standard InChI is InChI=1S/C10H12BrNO/c11-7-3-4-8(10(13)6-7)9-2-1-5-12-9/h3-4,6,9,12-13H,1-2,5H2/t9-/m1/s1. The number of phenols is 1. The lowest BCUT2D eigenvalue weighted by Gasteiger charge is -2.12. The molecule has 70 valence electrons. The summed E-state index contributed by atoms with van der Waals surface area (Å²) < 4.78 is 0.923. The van der Waals surface area contributed by atoms with E-state index < -0.39 is 0 Å². The van der Waals surface area contributed by atoms with Gasteiger partial charge in [-0.1, -0.05) is 22.0 Å². The molecule has 0 aliphatic carbocycles. The van der Waals surface area contributed by atoms with Crippen LogP contribution < -0.4 is 5.32 Å². The van der Waals surface area contributed by atoms with Gasteiger partial charge in [-0.3, -0.25) is 0 Å². The van der Waals surface area contributed by atoms with Gasteiger partial charge in [-0.25, -0.2) is 0 Å². The van der Waals surface area contributed by atoms with Crippen molar-refractivity contribution in [1.29, 1.82) is 0 Å². The minimum absolute atomic E-state index is 0.341. The number of hydrogen-bond donors (Lipinski definition) is 2. The van der Waals surface area contributed by atoms with Crippen LogP contribution in [-0.2, 0) is 0 Å². The first-order valence-electron chi connectivity index (χ1n) is 4.49. The van der Waals surface area contributed by atoms with E-state index in [-0.39, 0.29) is 0 Å². The van der Waals surface area contributed by atoms with Crippen molar-refractivity contribution in [3.05, 3.63) is 28.2 Å². The Morgan fingerprint density at radius 1 is 1.46 bits per heavy atom. The first-order valence-corrected chi connectivity index (χ1v) is 5.28. The van der Waals surface area contributed by atoms with Crippen molar-refractivity contribution in [2.24, 2.45) is 0 Å². The molecule has 2 N–H and O–H groups in total. The Morgan fingerprint density at radius 2 is 2.31 bits per heavy atom. The van der Waals surface area contributed by atoms with Crippen LogP contribution in [-0.4, -0.2) is 11.7 Å². The smallest absolute Gasteiger partial charge is 0.121 e. The van der Waals surface area contributed by atoms with Crippen LogP contribution >= 0.6 is 15.9 Å². The molecule has 0 saturated carbocycles. The first-order chi connectivity index (χ1) is 6.27. The second-order valence-corrected chi connectivity index (χ2v) is 4.27. The molecule has 0 aromatic heterocycles. The van der Waals surface area contributed by atoms with Gasteiger partial charge in [-0.15, -0.1) is 0 Å². The summed E-state index contributed by atoms with van der Waals surface area (Å²) in [6.45, 7) is 1.06. The van der Waals surface area contributed by atoms with E-state index in [1.54, 1.807) is 6.07 Å². The fourth-order valence-corrected chi connectivity index (χ4v) is 2.11. The van der Waals surface area contributed by atoms with E-state index in [9.17, 15) is 5.11 Å². The third-order valence-electron chi connectivity index (χ3n) is 2.43. The molecule has 1 aromatic rings. The molecule has 1 fully saturated rings. The highest BCUT2D eigenvalue weighted by Gasteiger charge is 2.18. The highest BCUT2D eigenvalue weighted by atomic mass is 79.9. The molecule has 1 heterocycles. The van der Waals surface area contributed by atoms with Crippen molar-refractivity contribution in [3.8, 4) is 5.75 Å². The maximum atomic E-state index is 9.68. The number of rotatable bonds is 1. The average Bonchev–Trinajstić information content (AvgIpc) is 2.56. The minimum Gasteiger partial charge on any atom is -0.508 e. The van der Waals surface area contributed by atoms with Crippen molar-refractivity contribution in [2.45, 2.75) is 18.9 Å². The summed E-state index contributed by atoms with van der Waals surface area (Å²) in [6.07, 6.45) is 2.31. The molecular weight excluding hydrogens is 230 g/mol. The number of aromatic hydroxyl groups is 1. The van der Waals surface area contributed by atoms with E-state index in [2.05, 4.69) is 21.2 Å². The Balaban J connectivity index is 2.29. The van der Waals surface area contributed by atoms with Crippen LogP contribution in [0.1, 0.15) is 24.4 Å². The summed E-state index contributed by atoms with van der Waals surface area (Å²) in [5.74, 6) is 0.383. The summed E-state index contributed by atoms with van der Waals surface area (Å²) in [6, 6.07) is 6.03. The molecule has 1 atom stereocenters. The van der Waals surface area contributed by atoms with E-state index in [1.807, 2.05) is 12.1 Å². The largest absolute Gasteiger partial charge is 0.508 e. The van der Waals surface area contributed by atoms with Crippen molar-refractivity contribution < 1.29 is 5.11 Å². The Morgan fingerprint density at radius 3 is 2.92 bits per heavy atom. The number of nitrogens with one attached hydrogen (secondary N) is 1. The zero-order valence-corrected chi connectivity index (χ0v) is 8.84. The molecule has 13 heavy (non-hydrogen) atoms. The van der Waals surface area contributed by atoms with Gasteiger partial charge in [0, 0.05) is 16.1 Å². The Kier molecular flexibility index (Phi) is 2.56. The summed E-state index contributed by atoms with van der Waals surface area (Å²) >= 11 is 3.32. The third-order valence-corrected chi connectivity index (χ3v) is 2.92. The Hall–Kier alpha value is -0.540. The van der Waals surface area contributed by atoms with Gasteiger partial charge in [0.1, 0.15) is 5.75 Å². The Labute approximate surface area is 86.1 Å². The maximum Gasteiger partial charge on any atom is 0.121 e. The average molecular weight is 242 g/mol. The Bertz CT molecular complexity index is 308. The van der Waals surface area contributed by atoms with Gasteiger partial charge in [-0.2, -0.15) is 0 Å². The molecule has 1 aromatic carbocycles. The van der Waals surface area contributed by atoms with E-state index in [4.69, 9.17) is 0 Å². The van der Waals surface area contributed by atoms with Crippen molar-refractivity contribution in [2.75, 3.05) is 6.54 Å². The van der Waals surface area contributed by atoms with Crippen molar-refractivity contribution in [1.82, 2.24) is 5.32 Å². The molecule has 1 aliphatic heterocycles. The number of benzene rings is 1. The van der Waals surface area contributed by atoms with Crippen LogP contribution in [0, 0.1) is 0 Å². The summed E-state index contributed by atoms with van der Waals surface area (Å²) in [5, 5.41) is 13.0. The zero-order chi connectivity index (χ0) is 9.26. The normalized spacial score (nSPS) is 22.1. The molecule has 2 rings (SSSR count). The molecule has 2 nitrogen and oxygen atoms in total. The highest BCUT2D eigenvalue weighted by Crippen LogP contribution is 2.31. The van der Waals surface area contributed by atoms with E-state index in [0.717, 1.165) is 23.0 Å². The van der Waals surface area contributed by atoms with E-state index in [1.165, 1.54) is 6.42 Å². The first kappa shape index (κ1) is 9.03. The third kappa shape index (κ3) is 1.86. The molecule has 0 bridgehead atoms. The van der Waals surface area contributed by atoms with Gasteiger partial charge in [-0.05, 0) is 31.5 Å². The van der Waals surface area contributed by atoms with E-state index in [0.29, 0.717) is 11.8 Å². The molecule has 1 saturated heterocycles. The van der Waals surface area contributed by atoms with Crippen molar-refractivity contribution >= 4 is 15.9 Å². The van der Waals surface area contributed by atoms with Crippen LogP contribution in [0.25, 0.3) is 0 Å².